The van der Waals surface area contributed by atoms with Crippen LogP contribution in [0.1, 0.15) is 180 Å². The van der Waals surface area contributed by atoms with Crippen molar-refractivity contribution in [3.05, 3.63) is 6.92 Å². The van der Waals surface area contributed by atoms with Crippen molar-refractivity contribution in [1.29, 1.82) is 0 Å². The molecule has 1 nitrogen and oxygen atoms in total. The van der Waals surface area contributed by atoms with E-state index in [1.165, 1.54) is 173 Å². The molecule has 0 fully saturated rings. The molecule has 0 rings (SSSR count). The molecule has 193 valence electrons. The van der Waals surface area contributed by atoms with Gasteiger partial charge in [-0.25, -0.2) is 0 Å². The third kappa shape index (κ3) is 30.0. The van der Waals surface area contributed by atoms with Crippen LogP contribution < -0.4 is 0 Å². The maximum atomic E-state index is 5.10. The Morgan fingerprint density at radius 2 is 0.500 bits per heavy atom. The molecule has 0 atom stereocenters. The van der Waals surface area contributed by atoms with E-state index >= 15 is 0 Å². The molecule has 0 aliphatic rings. The van der Waals surface area contributed by atoms with Gasteiger partial charge in [0, 0.05) is 13.7 Å². The molecule has 1 heteroatoms. The van der Waals surface area contributed by atoms with Gasteiger partial charge in [-0.1, -0.05) is 180 Å². The monoisotopic (exact) mass is 451 g/mol. The van der Waals surface area contributed by atoms with Crippen LogP contribution in [0.3, 0.4) is 0 Å². The maximum absolute atomic E-state index is 5.10. The number of rotatable bonds is 29. The first-order valence-electron chi connectivity index (χ1n) is 15.2. The summed E-state index contributed by atoms with van der Waals surface area (Å²) in [5, 5.41) is 0. The van der Waals surface area contributed by atoms with Gasteiger partial charge >= 0.3 is 0 Å². The van der Waals surface area contributed by atoms with Gasteiger partial charge in [-0.15, -0.1) is 0 Å². The van der Waals surface area contributed by atoms with Gasteiger partial charge in [-0.3, -0.25) is 0 Å². The summed E-state index contributed by atoms with van der Waals surface area (Å²) in [6, 6.07) is 0. The number of methoxy groups -OCH3 is 1. The van der Waals surface area contributed by atoms with E-state index in [-0.39, 0.29) is 0 Å². The predicted octanol–water partition coefficient (Wildman–Crippen LogP) is 11.4. The van der Waals surface area contributed by atoms with Crippen molar-refractivity contribution >= 4 is 0 Å². The summed E-state index contributed by atoms with van der Waals surface area (Å²) < 4.78 is 5.10. The van der Waals surface area contributed by atoms with Crippen molar-refractivity contribution in [2.75, 3.05) is 13.7 Å². The van der Waals surface area contributed by atoms with Crippen LogP contribution in [0.4, 0.5) is 0 Å². The minimum Gasteiger partial charge on any atom is -0.385 e. The molecule has 0 heterocycles. The summed E-state index contributed by atoms with van der Waals surface area (Å²) in [5.74, 6) is 0. The highest BCUT2D eigenvalue weighted by Gasteiger charge is 1.96. The molecule has 0 spiro atoms. The van der Waals surface area contributed by atoms with Gasteiger partial charge in [0.05, 0.1) is 0 Å². The van der Waals surface area contributed by atoms with Crippen LogP contribution in [0, 0.1) is 6.92 Å². The molecule has 0 saturated heterocycles. The lowest BCUT2D eigenvalue weighted by atomic mass is 10.0. The van der Waals surface area contributed by atoms with Crippen LogP contribution in [-0.4, -0.2) is 13.7 Å². The van der Waals surface area contributed by atoms with E-state index in [1.807, 2.05) is 0 Å². The van der Waals surface area contributed by atoms with Gasteiger partial charge in [-0.05, 0) is 6.42 Å². The third-order valence-corrected chi connectivity index (χ3v) is 7.10. The van der Waals surface area contributed by atoms with Crippen LogP contribution in [-0.2, 0) is 4.74 Å². The third-order valence-electron chi connectivity index (χ3n) is 7.10. The van der Waals surface area contributed by atoms with E-state index in [0.717, 1.165) is 13.0 Å². The van der Waals surface area contributed by atoms with Gasteiger partial charge < -0.3 is 4.74 Å². The summed E-state index contributed by atoms with van der Waals surface area (Å²) in [5.41, 5.74) is 0. The average molecular weight is 452 g/mol. The zero-order valence-electron chi connectivity index (χ0n) is 22.6. The molecule has 0 bridgehead atoms. The van der Waals surface area contributed by atoms with Gasteiger partial charge in [0.2, 0.25) is 0 Å². The maximum Gasteiger partial charge on any atom is 0.0462 e. The molecule has 0 unspecified atom stereocenters. The van der Waals surface area contributed by atoms with Crippen LogP contribution in [0.15, 0.2) is 0 Å². The molecule has 0 aliphatic carbocycles. The summed E-state index contributed by atoms with van der Waals surface area (Å²) in [6.07, 6.45) is 40.2. The lowest BCUT2D eigenvalue weighted by molar-refractivity contribution is 0.192. The van der Waals surface area contributed by atoms with Gasteiger partial charge in [0.1, 0.15) is 0 Å². The second-order valence-corrected chi connectivity index (χ2v) is 10.4. The minimum absolute atomic E-state index is 0.943. The molecule has 0 aromatic heterocycles. The smallest absolute Gasteiger partial charge is 0.0462 e. The zero-order chi connectivity index (χ0) is 23.2. The first-order valence-corrected chi connectivity index (χ1v) is 15.2. The Labute approximate surface area is 205 Å². The van der Waals surface area contributed by atoms with Crippen molar-refractivity contribution in [3.8, 4) is 0 Å². The van der Waals surface area contributed by atoms with E-state index in [2.05, 4.69) is 6.92 Å². The fraction of sp³-hybridized carbons (Fsp3) is 0.968. The van der Waals surface area contributed by atoms with Crippen LogP contribution >= 0.6 is 0 Å². The summed E-state index contributed by atoms with van der Waals surface area (Å²) >= 11 is 0. The molecule has 0 N–H and O–H groups in total. The predicted molar refractivity (Wildman–Crippen MR) is 147 cm³/mol. The van der Waals surface area contributed by atoms with Gasteiger partial charge in [0.15, 0.2) is 0 Å². The van der Waals surface area contributed by atoms with Crippen molar-refractivity contribution in [1.82, 2.24) is 0 Å². The Hall–Kier alpha value is -0.0400. The number of ether oxygens (including phenoxy) is 1. The Balaban J connectivity index is 2.98. The fourth-order valence-electron chi connectivity index (χ4n) is 4.84. The SMILES string of the molecule is [CH2]CCCCCCCCCCCCCCCCCCCCCCCCCCCCCOC. The molecule has 32 heavy (non-hydrogen) atoms. The highest BCUT2D eigenvalue weighted by atomic mass is 16.5. The second-order valence-electron chi connectivity index (χ2n) is 10.4. The molecule has 0 amide bonds. The summed E-state index contributed by atoms with van der Waals surface area (Å²) in [4.78, 5) is 0. The second kappa shape index (κ2) is 31.0. The van der Waals surface area contributed by atoms with Crippen LogP contribution in [0.2, 0.25) is 0 Å². The first kappa shape index (κ1) is 32.0. The topological polar surface area (TPSA) is 9.23 Å². The molecular weight excluding hydrogens is 388 g/mol. The molecular formula is C31H63O. The number of hydrogen-bond donors (Lipinski definition) is 0. The molecule has 0 aromatic carbocycles. The number of unbranched alkanes of at least 4 members (excludes halogenated alkanes) is 27. The normalized spacial score (nSPS) is 11.4. The molecule has 0 aliphatic heterocycles. The Morgan fingerprint density at radius 3 is 0.688 bits per heavy atom. The largest absolute Gasteiger partial charge is 0.385 e. The lowest BCUT2D eigenvalue weighted by Gasteiger charge is -2.04. The standard InChI is InChI=1S/C31H63O/c1-3-4-5-6-7-8-9-10-11-12-13-14-15-16-17-18-19-20-21-22-23-24-25-26-27-28-29-30-31-32-2/h1,3-31H2,2H3. The van der Waals surface area contributed by atoms with E-state index in [0.29, 0.717) is 0 Å². The van der Waals surface area contributed by atoms with Crippen molar-refractivity contribution in [2.24, 2.45) is 0 Å². The Morgan fingerprint density at radius 1 is 0.312 bits per heavy atom. The van der Waals surface area contributed by atoms with Crippen LogP contribution in [0.5, 0.6) is 0 Å². The Kier molecular flexibility index (Phi) is 30.9. The minimum atomic E-state index is 0.943. The summed E-state index contributed by atoms with van der Waals surface area (Å²) in [6.45, 7) is 4.86. The van der Waals surface area contributed by atoms with Crippen molar-refractivity contribution in [3.63, 3.8) is 0 Å². The Bertz CT molecular complexity index is 271. The quantitative estimate of drug-likeness (QED) is 0.103. The highest BCUT2D eigenvalue weighted by molar-refractivity contribution is 4.52. The molecule has 0 saturated carbocycles. The fourth-order valence-corrected chi connectivity index (χ4v) is 4.84. The van der Waals surface area contributed by atoms with Crippen molar-refractivity contribution in [2.45, 2.75) is 180 Å². The van der Waals surface area contributed by atoms with E-state index in [1.54, 1.807) is 7.11 Å². The lowest BCUT2D eigenvalue weighted by Crippen LogP contribution is -1.88. The molecule has 0 aromatic rings. The van der Waals surface area contributed by atoms with E-state index in [9.17, 15) is 0 Å². The number of hydrogen-bond acceptors (Lipinski definition) is 1. The van der Waals surface area contributed by atoms with Crippen LogP contribution in [0.25, 0.3) is 0 Å². The van der Waals surface area contributed by atoms with Gasteiger partial charge in [0.25, 0.3) is 0 Å². The van der Waals surface area contributed by atoms with E-state index in [4.69, 9.17) is 4.74 Å². The van der Waals surface area contributed by atoms with Gasteiger partial charge in [-0.2, -0.15) is 0 Å². The van der Waals surface area contributed by atoms with E-state index < -0.39 is 0 Å². The summed E-state index contributed by atoms with van der Waals surface area (Å²) in [7, 11) is 1.81. The average Bonchev–Trinajstić information content (AvgIpc) is 2.81. The first-order chi connectivity index (χ1) is 15.9. The highest BCUT2D eigenvalue weighted by Crippen LogP contribution is 2.16. The van der Waals surface area contributed by atoms with Crippen molar-refractivity contribution < 1.29 is 4.74 Å². The molecule has 1 radical (unpaired) electrons. The zero-order valence-corrected chi connectivity index (χ0v) is 22.6.